The number of para-hydroxylation sites is 2. The van der Waals surface area contributed by atoms with Crippen LogP contribution in [-0.2, 0) is 6.54 Å². The smallest absolute Gasteiger partial charge is 0.257 e. The summed E-state index contributed by atoms with van der Waals surface area (Å²) in [4.78, 5) is 20.7. The van der Waals surface area contributed by atoms with Crippen molar-refractivity contribution in [3.05, 3.63) is 65.4 Å². The van der Waals surface area contributed by atoms with Crippen LogP contribution in [-0.4, -0.2) is 54.0 Å². The molecule has 0 aliphatic carbocycles. The molecule has 0 bridgehead atoms. The van der Waals surface area contributed by atoms with Crippen LogP contribution < -0.4 is 4.74 Å². The number of piperazine rings is 1. The Bertz CT molecular complexity index is 955. The van der Waals surface area contributed by atoms with Gasteiger partial charge in [0.2, 0.25) is 0 Å². The fraction of sp³-hybridized carbons (Fsp3) is 0.318. The molecule has 0 atom stereocenters. The van der Waals surface area contributed by atoms with Gasteiger partial charge in [0.25, 0.3) is 5.91 Å². The van der Waals surface area contributed by atoms with Gasteiger partial charge in [-0.05, 0) is 30.7 Å². The predicted octanol–water partition coefficient (Wildman–Crippen LogP) is 3.44. The number of benzene rings is 2. The van der Waals surface area contributed by atoms with E-state index in [1.807, 2.05) is 29.2 Å². The maximum Gasteiger partial charge on any atom is 0.257 e. The Labute approximate surface area is 159 Å². The van der Waals surface area contributed by atoms with Crippen molar-refractivity contribution >= 4 is 16.8 Å². The van der Waals surface area contributed by atoms with Crippen LogP contribution in [0.4, 0.5) is 0 Å². The van der Waals surface area contributed by atoms with E-state index in [-0.39, 0.29) is 5.91 Å². The highest BCUT2D eigenvalue weighted by Gasteiger charge is 2.24. The molecule has 1 fully saturated rings. The van der Waals surface area contributed by atoms with E-state index in [1.165, 1.54) is 22.2 Å². The minimum Gasteiger partial charge on any atom is -0.496 e. The van der Waals surface area contributed by atoms with Gasteiger partial charge in [-0.15, -0.1) is 0 Å². The summed E-state index contributed by atoms with van der Waals surface area (Å²) in [6, 6.07) is 15.9. The van der Waals surface area contributed by atoms with E-state index in [1.54, 1.807) is 7.11 Å². The van der Waals surface area contributed by atoms with Gasteiger partial charge in [-0.1, -0.05) is 30.3 Å². The number of H-pyrrole nitrogens is 1. The van der Waals surface area contributed by atoms with Gasteiger partial charge in [0, 0.05) is 49.3 Å². The molecule has 2 heterocycles. The standard InChI is InChI=1S/C22H25N3O2/c1-16-19(17-7-3-5-9-20(17)23-16)15-24-11-13-25(14-12-24)22(26)18-8-4-6-10-21(18)27-2/h3-10,23H,11-15H2,1-2H3. The predicted molar refractivity (Wildman–Crippen MR) is 107 cm³/mol. The van der Waals surface area contributed by atoms with E-state index in [2.05, 4.69) is 41.1 Å². The molecule has 4 rings (SSSR count). The number of ether oxygens (including phenoxy) is 1. The normalized spacial score (nSPS) is 15.3. The molecule has 1 N–H and O–H groups in total. The molecular formula is C22H25N3O2. The Morgan fingerprint density at radius 1 is 1.04 bits per heavy atom. The number of nitrogens with one attached hydrogen (secondary N) is 1. The number of carbonyl (C=O) groups is 1. The van der Waals surface area contributed by atoms with Crippen LogP contribution >= 0.6 is 0 Å². The van der Waals surface area contributed by atoms with E-state index in [9.17, 15) is 4.79 Å². The Morgan fingerprint density at radius 2 is 1.74 bits per heavy atom. The highest BCUT2D eigenvalue weighted by Crippen LogP contribution is 2.24. The fourth-order valence-electron chi connectivity index (χ4n) is 3.86. The van der Waals surface area contributed by atoms with E-state index in [4.69, 9.17) is 4.74 Å². The Hall–Kier alpha value is -2.79. The van der Waals surface area contributed by atoms with Gasteiger partial charge < -0.3 is 14.6 Å². The second kappa shape index (κ2) is 7.45. The van der Waals surface area contributed by atoms with Gasteiger partial charge in [0.15, 0.2) is 0 Å². The molecule has 27 heavy (non-hydrogen) atoms. The van der Waals surface area contributed by atoms with E-state index >= 15 is 0 Å². The van der Waals surface area contributed by atoms with Gasteiger partial charge in [0.1, 0.15) is 5.75 Å². The van der Waals surface area contributed by atoms with Gasteiger partial charge >= 0.3 is 0 Å². The zero-order chi connectivity index (χ0) is 18.8. The lowest BCUT2D eigenvalue weighted by Gasteiger charge is -2.35. The van der Waals surface area contributed by atoms with Crippen LogP contribution in [0.25, 0.3) is 10.9 Å². The second-order valence-electron chi connectivity index (χ2n) is 7.04. The summed E-state index contributed by atoms with van der Waals surface area (Å²) in [6.45, 7) is 6.26. The van der Waals surface area contributed by atoms with Crippen molar-refractivity contribution in [2.75, 3.05) is 33.3 Å². The number of methoxy groups -OCH3 is 1. The summed E-state index contributed by atoms with van der Waals surface area (Å²) in [5, 5.41) is 1.29. The molecule has 0 spiro atoms. The average molecular weight is 363 g/mol. The van der Waals surface area contributed by atoms with Crippen LogP contribution in [0.2, 0.25) is 0 Å². The number of aryl methyl sites for hydroxylation is 1. The molecule has 3 aromatic rings. The number of aromatic amines is 1. The lowest BCUT2D eigenvalue weighted by Crippen LogP contribution is -2.48. The first-order valence-corrected chi connectivity index (χ1v) is 9.38. The number of fused-ring (bicyclic) bond motifs is 1. The number of nitrogens with zero attached hydrogens (tertiary/aromatic N) is 2. The van der Waals surface area contributed by atoms with Crippen LogP contribution in [0, 0.1) is 6.92 Å². The molecule has 140 valence electrons. The number of rotatable bonds is 4. The van der Waals surface area contributed by atoms with Gasteiger partial charge in [0.05, 0.1) is 12.7 Å². The molecule has 1 aromatic heterocycles. The third-order valence-electron chi connectivity index (χ3n) is 5.41. The first-order valence-electron chi connectivity index (χ1n) is 9.38. The van der Waals surface area contributed by atoms with Crippen LogP contribution in [0.15, 0.2) is 48.5 Å². The fourth-order valence-corrected chi connectivity index (χ4v) is 3.86. The molecule has 1 amide bonds. The van der Waals surface area contributed by atoms with E-state index in [0.717, 1.165) is 32.7 Å². The number of amides is 1. The molecule has 0 radical (unpaired) electrons. The number of hydrogen-bond acceptors (Lipinski definition) is 3. The number of aromatic nitrogens is 1. The zero-order valence-electron chi connectivity index (χ0n) is 15.9. The SMILES string of the molecule is COc1ccccc1C(=O)N1CCN(Cc2c(C)[nH]c3ccccc23)CC1. The molecule has 1 aliphatic rings. The van der Waals surface area contributed by atoms with Crippen LogP contribution in [0.5, 0.6) is 5.75 Å². The Balaban J connectivity index is 1.43. The Kier molecular flexibility index (Phi) is 4.86. The summed E-state index contributed by atoms with van der Waals surface area (Å²) in [6.07, 6.45) is 0. The highest BCUT2D eigenvalue weighted by atomic mass is 16.5. The molecule has 5 heteroatoms. The third kappa shape index (κ3) is 3.43. The second-order valence-corrected chi connectivity index (χ2v) is 7.04. The van der Waals surface area contributed by atoms with Crippen molar-refractivity contribution in [2.45, 2.75) is 13.5 Å². The van der Waals surface area contributed by atoms with E-state index < -0.39 is 0 Å². The highest BCUT2D eigenvalue weighted by molar-refractivity contribution is 5.97. The van der Waals surface area contributed by atoms with Crippen molar-refractivity contribution < 1.29 is 9.53 Å². The van der Waals surface area contributed by atoms with Gasteiger partial charge in [-0.25, -0.2) is 0 Å². The number of carbonyl (C=O) groups excluding carboxylic acids is 1. The van der Waals surface area contributed by atoms with Gasteiger partial charge in [-0.2, -0.15) is 0 Å². The molecule has 1 aliphatic heterocycles. The minimum absolute atomic E-state index is 0.0513. The first kappa shape index (κ1) is 17.6. The maximum atomic E-state index is 12.9. The summed E-state index contributed by atoms with van der Waals surface area (Å²) >= 11 is 0. The molecule has 1 saturated heterocycles. The van der Waals surface area contributed by atoms with Crippen molar-refractivity contribution in [3.63, 3.8) is 0 Å². The monoisotopic (exact) mass is 363 g/mol. The minimum atomic E-state index is 0.0513. The maximum absolute atomic E-state index is 12.9. The summed E-state index contributed by atoms with van der Waals surface area (Å²) < 4.78 is 5.34. The van der Waals surface area contributed by atoms with Crippen molar-refractivity contribution in [2.24, 2.45) is 0 Å². The average Bonchev–Trinajstić information content (AvgIpc) is 3.03. The van der Waals surface area contributed by atoms with Crippen LogP contribution in [0.3, 0.4) is 0 Å². The summed E-state index contributed by atoms with van der Waals surface area (Å²) in [7, 11) is 1.60. The van der Waals surface area contributed by atoms with Crippen molar-refractivity contribution in [3.8, 4) is 5.75 Å². The topological polar surface area (TPSA) is 48.6 Å². The molecule has 5 nitrogen and oxygen atoms in total. The number of hydrogen-bond donors (Lipinski definition) is 1. The lowest BCUT2D eigenvalue weighted by atomic mass is 10.1. The third-order valence-corrected chi connectivity index (χ3v) is 5.41. The van der Waals surface area contributed by atoms with Crippen molar-refractivity contribution in [1.29, 1.82) is 0 Å². The lowest BCUT2D eigenvalue weighted by molar-refractivity contribution is 0.0625. The summed E-state index contributed by atoms with van der Waals surface area (Å²) in [5.41, 5.74) is 4.41. The molecule has 2 aromatic carbocycles. The first-order chi connectivity index (χ1) is 13.2. The largest absolute Gasteiger partial charge is 0.496 e. The van der Waals surface area contributed by atoms with Gasteiger partial charge in [-0.3, -0.25) is 9.69 Å². The van der Waals surface area contributed by atoms with Crippen LogP contribution in [0.1, 0.15) is 21.6 Å². The molecular weight excluding hydrogens is 338 g/mol. The van der Waals surface area contributed by atoms with E-state index in [0.29, 0.717) is 11.3 Å². The quantitative estimate of drug-likeness (QED) is 0.772. The Morgan fingerprint density at radius 3 is 2.52 bits per heavy atom. The molecule has 0 saturated carbocycles. The molecule has 0 unspecified atom stereocenters. The zero-order valence-corrected chi connectivity index (χ0v) is 15.9. The summed E-state index contributed by atoms with van der Waals surface area (Å²) in [5.74, 6) is 0.690. The van der Waals surface area contributed by atoms with Crippen molar-refractivity contribution in [1.82, 2.24) is 14.8 Å².